The molecule has 3 aromatic rings. The smallest absolute Gasteiger partial charge is 0.243 e. The summed E-state index contributed by atoms with van der Waals surface area (Å²) in [6.07, 6.45) is 3.22. The number of rotatable bonds is 7. The predicted molar refractivity (Wildman–Crippen MR) is 101 cm³/mol. The van der Waals surface area contributed by atoms with E-state index in [2.05, 4.69) is 22.2 Å². The van der Waals surface area contributed by atoms with Crippen LogP contribution < -0.4 is 10.6 Å². The van der Waals surface area contributed by atoms with Gasteiger partial charge in [-0.3, -0.25) is 14.2 Å². The third-order valence-corrected chi connectivity index (χ3v) is 3.99. The van der Waals surface area contributed by atoms with Crippen molar-refractivity contribution in [2.45, 2.75) is 13.0 Å². The number of carbonyl (C=O) groups excluding carboxylic acids is 2. The number of imidazole rings is 1. The number of aromatic nitrogens is 2. The number of carbonyl (C=O) groups is 2. The molecule has 0 aliphatic carbocycles. The minimum atomic E-state index is -0.277. The van der Waals surface area contributed by atoms with Crippen LogP contribution in [0.2, 0.25) is 0 Å². The van der Waals surface area contributed by atoms with Crippen LogP contribution in [0.3, 0.4) is 0 Å². The summed E-state index contributed by atoms with van der Waals surface area (Å²) < 4.78 is 2.03. The Morgan fingerprint density at radius 1 is 1.08 bits per heavy atom. The van der Waals surface area contributed by atoms with Gasteiger partial charge in [0.2, 0.25) is 11.8 Å². The summed E-state index contributed by atoms with van der Waals surface area (Å²) in [4.78, 5) is 27.2. The molecule has 0 saturated carbocycles. The van der Waals surface area contributed by atoms with Gasteiger partial charge in [0.15, 0.2) is 0 Å². The minimum Gasteiger partial charge on any atom is -0.352 e. The number of hydrogen-bond donors (Lipinski definition) is 2. The Morgan fingerprint density at radius 3 is 2.62 bits per heavy atom. The molecule has 2 N–H and O–H groups in total. The number of para-hydroxylation sites is 2. The summed E-state index contributed by atoms with van der Waals surface area (Å²) in [5.74, 6) is -0.389. The van der Waals surface area contributed by atoms with E-state index in [4.69, 9.17) is 0 Å². The summed E-state index contributed by atoms with van der Waals surface area (Å²) in [5, 5.41) is 5.41. The lowest BCUT2D eigenvalue weighted by atomic mass is 10.2. The molecule has 0 aliphatic heterocycles. The zero-order chi connectivity index (χ0) is 18.4. The third-order valence-electron chi connectivity index (χ3n) is 3.99. The lowest BCUT2D eigenvalue weighted by molar-refractivity contribution is -0.121. The Hall–Kier alpha value is -3.41. The van der Waals surface area contributed by atoms with Gasteiger partial charge in [0, 0.05) is 25.2 Å². The van der Waals surface area contributed by atoms with E-state index in [0.29, 0.717) is 13.1 Å². The highest BCUT2D eigenvalue weighted by Gasteiger charge is 2.05. The molecule has 132 valence electrons. The van der Waals surface area contributed by atoms with E-state index in [-0.39, 0.29) is 18.2 Å². The molecule has 1 heterocycles. The molecule has 0 saturated heterocycles. The summed E-state index contributed by atoms with van der Waals surface area (Å²) in [5.41, 5.74) is 4.02. The van der Waals surface area contributed by atoms with Gasteiger partial charge in [-0.15, -0.1) is 0 Å². The maximum atomic E-state index is 11.8. The Morgan fingerprint density at radius 2 is 1.85 bits per heavy atom. The van der Waals surface area contributed by atoms with Crippen molar-refractivity contribution in [3.8, 4) is 5.69 Å². The lowest BCUT2D eigenvalue weighted by Crippen LogP contribution is -2.29. The zero-order valence-electron chi connectivity index (χ0n) is 14.3. The largest absolute Gasteiger partial charge is 0.352 e. The first-order chi connectivity index (χ1) is 12.7. The second-order valence-electron chi connectivity index (χ2n) is 5.79. The number of benzene rings is 2. The van der Waals surface area contributed by atoms with E-state index in [1.54, 1.807) is 6.33 Å². The van der Waals surface area contributed by atoms with Crippen molar-refractivity contribution in [2.75, 3.05) is 6.54 Å². The Labute approximate surface area is 151 Å². The Balaban J connectivity index is 1.56. The molecule has 0 aliphatic rings. The molecule has 0 unspecified atom stereocenters. The zero-order valence-corrected chi connectivity index (χ0v) is 14.3. The third kappa shape index (κ3) is 4.16. The van der Waals surface area contributed by atoms with E-state index >= 15 is 0 Å². The van der Waals surface area contributed by atoms with Crippen LogP contribution in [0.1, 0.15) is 12.0 Å². The van der Waals surface area contributed by atoms with Gasteiger partial charge < -0.3 is 10.6 Å². The van der Waals surface area contributed by atoms with Crippen molar-refractivity contribution in [3.63, 3.8) is 0 Å². The van der Waals surface area contributed by atoms with Crippen LogP contribution in [-0.2, 0) is 16.1 Å². The number of fused-ring (bicyclic) bond motifs is 1. The first kappa shape index (κ1) is 17.4. The van der Waals surface area contributed by atoms with Gasteiger partial charge in [-0.1, -0.05) is 30.8 Å². The number of nitrogens with zero attached hydrogens (tertiary/aromatic N) is 2. The molecular weight excluding hydrogens is 328 g/mol. The van der Waals surface area contributed by atoms with Gasteiger partial charge in [0.25, 0.3) is 0 Å². The minimum absolute atomic E-state index is 0.112. The molecule has 26 heavy (non-hydrogen) atoms. The molecule has 1 aromatic heterocycles. The molecule has 6 nitrogen and oxygen atoms in total. The summed E-state index contributed by atoms with van der Waals surface area (Å²) in [6.45, 7) is 4.10. The molecule has 0 spiro atoms. The number of amides is 2. The molecule has 2 amide bonds. The second kappa shape index (κ2) is 8.11. The first-order valence-corrected chi connectivity index (χ1v) is 8.36. The fraction of sp³-hybridized carbons (Fsp3) is 0.150. The van der Waals surface area contributed by atoms with Gasteiger partial charge >= 0.3 is 0 Å². The van der Waals surface area contributed by atoms with Gasteiger partial charge in [0.1, 0.15) is 6.33 Å². The first-order valence-electron chi connectivity index (χ1n) is 8.36. The topological polar surface area (TPSA) is 76.0 Å². The van der Waals surface area contributed by atoms with E-state index < -0.39 is 0 Å². The molecular formula is C20H20N4O2. The van der Waals surface area contributed by atoms with Crippen LogP contribution in [0.15, 0.2) is 67.5 Å². The number of hydrogen-bond acceptors (Lipinski definition) is 3. The Kier molecular flexibility index (Phi) is 5.43. The van der Waals surface area contributed by atoms with Crippen molar-refractivity contribution in [2.24, 2.45) is 0 Å². The molecule has 0 atom stereocenters. The van der Waals surface area contributed by atoms with Crippen molar-refractivity contribution >= 4 is 22.8 Å². The lowest BCUT2D eigenvalue weighted by Gasteiger charge is -2.08. The maximum absolute atomic E-state index is 11.8. The molecule has 0 radical (unpaired) electrons. The monoisotopic (exact) mass is 348 g/mol. The highest BCUT2D eigenvalue weighted by molar-refractivity contribution is 5.87. The highest BCUT2D eigenvalue weighted by Crippen LogP contribution is 2.18. The summed E-state index contributed by atoms with van der Waals surface area (Å²) >= 11 is 0. The van der Waals surface area contributed by atoms with Gasteiger partial charge in [-0.05, 0) is 35.9 Å². The normalized spacial score (nSPS) is 10.5. The van der Waals surface area contributed by atoms with E-state index in [0.717, 1.165) is 22.3 Å². The quantitative estimate of drug-likeness (QED) is 0.644. The van der Waals surface area contributed by atoms with Crippen LogP contribution in [0.5, 0.6) is 0 Å². The van der Waals surface area contributed by atoms with E-state index in [1.807, 2.05) is 53.1 Å². The molecule has 0 bridgehead atoms. The SMILES string of the molecule is C=CC(=O)NCCC(=O)NCc1ccc(-n2cnc3ccccc32)cc1. The fourth-order valence-electron chi connectivity index (χ4n) is 2.60. The maximum Gasteiger partial charge on any atom is 0.243 e. The van der Waals surface area contributed by atoms with E-state index in [9.17, 15) is 9.59 Å². The summed E-state index contributed by atoms with van der Waals surface area (Å²) in [6, 6.07) is 15.9. The van der Waals surface area contributed by atoms with Crippen molar-refractivity contribution in [1.82, 2.24) is 20.2 Å². The fourth-order valence-corrected chi connectivity index (χ4v) is 2.60. The second-order valence-corrected chi connectivity index (χ2v) is 5.79. The van der Waals surface area contributed by atoms with Crippen LogP contribution in [-0.4, -0.2) is 27.9 Å². The van der Waals surface area contributed by atoms with Crippen LogP contribution in [0, 0.1) is 0 Å². The van der Waals surface area contributed by atoms with E-state index in [1.165, 1.54) is 6.08 Å². The molecule has 2 aromatic carbocycles. The van der Waals surface area contributed by atoms with Crippen LogP contribution >= 0.6 is 0 Å². The standard InChI is InChI=1S/C20H20N4O2/c1-2-19(25)21-12-11-20(26)22-13-15-7-9-16(10-8-15)24-14-23-17-5-3-4-6-18(17)24/h2-10,14H,1,11-13H2,(H,21,25)(H,22,26). The Bertz CT molecular complexity index is 928. The van der Waals surface area contributed by atoms with Crippen LogP contribution in [0.4, 0.5) is 0 Å². The molecule has 0 fully saturated rings. The molecule has 6 heteroatoms. The van der Waals surface area contributed by atoms with Crippen LogP contribution in [0.25, 0.3) is 16.7 Å². The highest BCUT2D eigenvalue weighted by atomic mass is 16.2. The summed E-state index contributed by atoms with van der Waals surface area (Å²) in [7, 11) is 0. The van der Waals surface area contributed by atoms with Gasteiger partial charge in [-0.25, -0.2) is 4.98 Å². The van der Waals surface area contributed by atoms with Crippen molar-refractivity contribution in [3.05, 3.63) is 73.1 Å². The average Bonchev–Trinajstić information content (AvgIpc) is 3.11. The average molecular weight is 348 g/mol. The van der Waals surface area contributed by atoms with Gasteiger partial charge in [0.05, 0.1) is 11.0 Å². The van der Waals surface area contributed by atoms with Gasteiger partial charge in [-0.2, -0.15) is 0 Å². The predicted octanol–water partition coefficient (Wildman–Crippen LogP) is 2.33. The van der Waals surface area contributed by atoms with Crippen molar-refractivity contribution in [1.29, 1.82) is 0 Å². The number of nitrogens with one attached hydrogen (secondary N) is 2. The molecule has 3 rings (SSSR count). The van der Waals surface area contributed by atoms with Crippen molar-refractivity contribution < 1.29 is 9.59 Å².